The van der Waals surface area contributed by atoms with Crippen LogP contribution >= 0.6 is 23.1 Å². The van der Waals surface area contributed by atoms with Gasteiger partial charge in [-0.3, -0.25) is 0 Å². The summed E-state index contributed by atoms with van der Waals surface area (Å²) in [4.78, 5) is 6.25. The van der Waals surface area contributed by atoms with E-state index >= 15 is 0 Å². The van der Waals surface area contributed by atoms with E-state index < -0.39 is 0 Å². The van der Waals surface area contributed by atoms with E-state index in [2.05, 4.69) is 11.8 Å². The van der Waals surface area contributed by atoms with Crippen molar-refractivity contribution in [3.05, 3.63) is 15.6 Å². The molecule has 1 atom stereocenters. The minimum Gasteiger partial charge on any atom is -0.323 e. The van der Waals surface area contributed by atoms with Crippen molar-refractivity contribution < 1.29 is 0 Å². The summed E-state index contributed by atoms with van der Waals surface area (Å²) in [6.07, 6.45) is 10.7. The van der Waals surface area contributed by atoms with Gasteiger partial charge in [0.1, 0.15) is 5.01 Å². The van der Waals surface area contributed by atoms with Crippen molar-refractivity contribution in [1.29, 1.82) is 0 Å². The fraction of sp³-hybridized carbons (Fsp3) is 0.786. The van der Waals surface area contributed by atoms with Gasteiger partial charge in [0.2, 0.25) is 0 Å². The smallest absolute Gasteiger partial charge is 0.103 e. The summed E-state index contributed by atoms with van der Waals surface area (Å²) in [6.45, 7) is 0. The van der Waals surface area contributed by atoms with Crippen molar-refractivity contribution in [1.82, 2.24) is 4.98 Å². The van der Waals surface area contributed by atoms with E-state index in [0.717, 1.165) is 17.4 Å². The molecule has 1 saturated carbocycles. The van der Waals surface area contributed by atoms with E-state index in [-0.39, 0.29) is 6.04 Å². The molecule has 1 heterocycles. The highest BCUT2D eigenvalue weighted by atomic mass is 32.2. The van der Waals surface area contributed by atoms with Crippen molar-refractivity contribution in [3.63, 3.8) is 0 Å². The van der Waals surface area contributed by atoms with Gasteiger partial charge in [-0.05, 0) is 32.1 Å². The summed E-state index contributed by atoms with van der Waals surface area (Å²) in [5, 5.41) is 2.20. The fourth-order valence-electron chi connectivity index (χ4n) is 2.98. The lowest BCUT2D eigenvalue weighted by Gasteiger charge is -2.20. The zero-order valence-corrected chi connectivity index (χ0v) is 12.5. The summed E-state index contributed by atoms with van der Waals surface area (Å²) in [5.41, 5.74) is 7.35. The maximum absolute atomic E-state index is 6.14. The quantitative estimate of drug-likeness (QED) is 0.909. The molecule has 3 rings (SSSR count). The van der Waals surface area contributed by atoms with Crippen LogP contribution < -0.4 is 5.73 Å². The molecule has 1 fully saturated rings. The van der Waals surface area contributed by atoms with Gasteiger partial charge in [-0.1, -0.05) is 19.3 Å². The van der Waals surface area contributed by atoms with E-state index in [1.165, 1.54) is 60.5 Å². The summed E-state index contributed by atoms with van der Waals surface area (Å²) >= 11 is 4.04. The van der Waals surface area contributed by atoms with Crippen LogP contribution in [-0.4, -0.2) is 10.2 Å². The van der Waals surface area contributed by atoms with Crippen molar-refractivity contribution >= 4 is 23.1 Å². The largest absolute Gasteiger partial charge is 0.323 e. The van der Waals surface area contributed by atoms with Crippen molar-refractivity contribution in [2.45, 2.75) is 68.4 Å². The number of aryl methyl sites for hydroxylation is 1. The Balaban J connectivity index is 1.59. The standard InChI is InChI=1S/C14H22N2S2/c15-11-7-4-8-12-14(11)16-13(18-12)9-17-10-5-2-1-3-6-10/h10-11H,1-9,15H2. The van der Waals surface area contributed by atoms with Gasteiger partial charge in [0, 0.05) is 21.9 Å². The van der Waals surface area contributed by atoms with E-state index in [4.69, 9.17) is 10.7 Å². The fourth-order valence-corrected chi connectivity index (χ4v) is 5.51. The zero-order chi connectivity index (χ0) is 12.4. The SMILES string of the molecule is NC1CCCc2sc(CSC3CCCCC3)nc21. The van der Waals surface area contributed by atoms with E-state index in [9.17, 15) is 0 Å². The molecule has 0 amide bonds. The first-order chi connectivity index (χ1) is 8.83. The maximum Gasteiger partial charge on any atom is 0.103 e. The predicted molar refractivity (Wildman–Crippen MR) is 80.1 cm³/mol. The van der Waals surface area contributed by atoms with Crippen LogP contribution in [0.4, 0.5) is 0 Å². The third-order valence-electron chi connectivity index (χ3n) is 4.04. The van der Waals surface area contributed by atoms with Crippen LogP contribution in [-0.2, 0) is 12.2 Å². The van der Waals surface area contributed by atoms with E-state index in [1.54, 1.807) is 0 Å². The Morgan fingerprint density at radius 2 is 2.00 bits per heavy atom. The summed E-state index contributed by atoms with van der Waals surface area (Å²) in [6, 6.07) is 0.207. The average Bonchev–Trinajstić information content (AvgIpc) is 2.82. The molecule has 1 unspecified atom stereocenters. The number of hydrogen-bond donors (Lipinski definition) is 1. The normalized spacial score (nSPS) is 25.1. The first kappa shape index (κ1) is 12.9. The lowest BCUT2D eigenvalue weighted by Crippen LogP contribution is -2.16. The summed E-state index contributed by atoms with van der Waals surface area (Å²) in [5.74, 6) is 1.11. The highest BCUT2D eigenvalue weighted by molar-refractivity contribution is 7.99. The molecule has 0 radical (unpaired) electrons. The molecule has 2 nitrogen and oxygen atoms in total. The van der Waals surface area contributed by atoms with Crippen molar-refractivity contribution in [3.8, 4) is 0 Å². The highest BCUT2D eigenvalue weighted by Gasteiger charge is 2.22. The Morgan fingerprint density at radius 3 is 2.78 bits per heavy atom. The number of fused-ring (bicyclic) bond motifs is 1. The highest BCUT2D eigenvalue weighted by Crippen LogP contribution is 2.35. The molecular formula is C14H22N2S2. The lowest BCUT2D eigenvalue weighted by atomic mass is 9.99. The van der Waals surface area contributed by atoms with Crippen LogP contribution in [0.15, 0.2) is 0 Å². The molecule has 0 aliphatic heterocycles. The topological polar surface area (TPSA) is 38.9 Å². The Hall–Kier alpha value is -0.0600. The summed E-state index contributed by atoms with van der Waals surface area (Å²) < 4.78 is 0. The second-order valence-corrected chi connectivity index (χ2v) is 7.94. The molecule has 2 N–H and O–H groups in total. The first-order valence-electron chi connectivity index (χ1n) is 7.18. The Kier molecular flexibility index (Phi) is 4.27. The molecule has 2 aliphatic carbocycles. The molecule has 0 aromatic carbocycles. The van der Waals surface area contributed by atoms with Gasteiger partial charge in [-0.2, -0.15) is 11.8 Å². The lowest BCUT2D eigenvalue weighted by molar-refractivity contribution is 0.516. The monoisotopic (exact) mass is 282 g/mol. The number of nitrogens with zero attached hydrogens (tertiary/aromatic N) is 1. The van der Waals surface area contributed by atoms with Crippen LogP contribution in [0, 0.1) is 0 Å². The van der Waals surface area contributed by atoms with Gasteiger partial charge < -0.3 is 5.73 Å². The van der Waals surface area contributed by atoms with Crippen molar-refractivity contribution in [2.24, 2.45) is 5.73 Å². The zero-order valence-electron chi connectivity index (χ0n) is 10.9. The number of rotatable bonds is 3. The van der Waals surface area contributed by atoms with Crippen LogP contribution in [0.1, 0.15) is 66.6 Å². The van der Waals surface area contributed by atoms with Gasteiger partial charge in [0.05, 0.1) is 5.69 Å². The minimum absolute atomic E-state index is 0.207. The number of thiazole rings is 1. The van der Waals surface area contributed by atoms with Crippen molar-refractivity contribution in [2.75, 3.05) is 0 Å². The molecule has 0 spiro atoms. The first-order valence-corrected chi connectivity index (χ1v) is 9.05. The molecular weight excluding hydrogens is 260 g/mol. The number of aromatic nitrogens is 1. The van der Waals surface area contributed by atoms with Gasteiger partial charge in [-0.25, -0.2) is 4.98 Å². The molecule has 2 aliphatic rings. The number of nitrogens with two attached hydrogens (primary N) is 1. The van der Waals surface area contributed by atoms with E-state index in [0.29, 0.717) is 0 Å². The molecule has 4 heteroatoms. The van der Waals surface area contributed by atoms with Crippen LogP contribution in [0.3, 0.4) is 0 Å². The van der Waals surface area contributed by atoms with Gasteiger partial charge >= 0.3 is 0 Å². The molecule has 1 aromatic rings. The molecule has 0 saturated heterocycles. The summed E-state index contributed by atoms with van der Waals surface area (Å²) in [7, 11) is 0. The molecule has 1 aromatic heterocycles. The predicted octanol–water partition coefficient (Wildman–Crippen LogP) is 4.05. The van der Waals surface area contributed by atoms with Crippen LogP contribution in [0.2, 0.25) is 0 Å². The van der Waals surface area contributed by atoms with Gasteiger partial charge in [0.15, 0.2) is 0 Å². The van der Waals surface area contributed by atoms with E-state index in [1.807, 2.05) is 11.3 Å². The second kappa shape index (κ2) is 5.93. The van der Waals surface area contributed by atoms with Crippen LogP contribution in [0.25, 0.3) is 0 Å². The Bertz CT molecular complexity index is 396. The van der Waals surface area contributed by atoms with Gasteiger partial charge in [0.25, 0.3) is 0 Å². The Labute approximate surface area is 118 Å². The minimum atomic E-state index is 0.207. The maximum atomic E-state index is 6.14. The van der Waals surface area contributed by atoms with Crippen LogP contribution in [0.5, 0.6) is 0 Å². The Morgan fingerprint density at radius 1 is 1.17 bits per heavy atom. The van der Waals surface area contributed by atoms with Gasteiger partial charge in [-0.15, -0.1) is 11.3 Å². The molecule has 100 valence electrons. The number of hydrogen-bond acceptors (Lipinski definition) is 4. The second-order valence-electron chi connectivity index (χ2n) is 5.49. The third kappa shape index (κ3) is 2.91. The average molecular weight is 282 g/mol. The molecule has 0 bridgehead atoms. The molecule has 18 heavy (non-hydrogen) atoms. The third-order valence-corrected chi connectivity index (χ3v) is 6.73. The number of thioether (sulfide) groups is 1.